The standard InChI is InChI=1S/C17H22FNO/c1-3-4-6-16(14-8-10-15(18)11-9-14)19-13(2)17-7-5-12-20-17/h5,7-13,16,19H,3-4,6H2,1-2H3/t13-,16?/m0/s1. The van der Waals surface area contributed by atoms with Crippen LogP contribution in [0, 0.1) is 5.82 Å². The predicted octanol–water partition coefficient (Wildman–Crippen LogP) is 5.00. The molecule has 20 heavy (non-hydrogen) atoms. The van der Waals surface area contributed by atoms with E-state index in [-0.39, 0.29) is 17.9 Å². The number of unbranched alkanes of at least 4 members (excludes halogenated alkanes) is 1. The van der Waals surface area contributed by atoms with Gasteiger partial charge < -0.3 is 9.73 Å². The van der Waals surface area contributed by atoms with Crippen LogP contribution in [-0.4, -0.2) is 0 Å². The van der Waals surface area contributed by atoms with Crippen molar-refractivity contribution in [2.75, 3.05) is 0 Å². The van der Waals surface area contributed by atoms with Crippen LogP contribution in [0.1, 0.15) is 56.5 Å². The zero-order chi connectivity index (χ0) is 14.4. The van der Waals surface area contributed by atoms with Gasteiger partial charge in [0, 0.05) is 6.04 Å². The number of hydrogen-bond donors (Lipinski definition) is 1. The molecule has 0 radical (unpaired) electrons. The Kier molecular flexibility index (Phi) is 5.36. The van der Waals surface area contributed by atoms with E-state index in [0.717, 1.165) is 30.6 Å². The van der Waals surface area contributed by atoms with E-state index in [4.69, 9.17) is 4.42 Å². The molecule has 0 aliphatic heterocycles. The van der Waals surface area contributed by atoms with Gasteiger partial charge in [0.2, 0.25) is 0 Å². The molecule has 2 aromatic rings. The maximum Gasteiger partial charge on any atom is 0.123 e. The molecular weight excluding hydrogens is 253 g/mol. The predicted molar refractivity (Wildman–Crippen MR) is 78.9 cm³/mol. The fourth-order valence-electron chi connectivity index (χ4n) is 2.37. The van der Waals surface area contributed by atoms with Crippen LogP contribution in [0.5, 0.6) is 0 Å². The summed E-state index contributed by atoms with van der Waals surface area (Å²) < 4.78 is 18.5. The van der Waals surface area contributed by atoms with E-state index >= 15 is 0 Å². The first-order valence-electron chi connectivity index (χ1n) is 7.25. The molecule has 0 saturated heterocycles. The lowest BCUT2D eigenvalue weighted by atomic mass is 10.00. The van der Waals surface area contributed by atoms with Gasteiger partial charge in [-0.2, -0.15) is 0 Å². The molecule has 0 spiro atoms. The van der Waals surface area contributed by atoms with Crippen LogP contribution in [0.3, 0.4) is 0 Å². The van der Waals surface area contributed by atoms with Crippen LogP contribution in [0.2, 0.25) is 0 Å². The second kappa shape index (κ2) is 7.25. The molecule has 1 aromatic carbocycles. The summed E-state index contributed by atoms with van der Waals surface area (Å²) in [7, 11) is 0. The third-order valence-electron chi connectivity index (χ3n) is 3.54. The molecular formula is C17H22FNO. The molecule has 0 bridgehead atoms. The molecule has 1 heterocycles. The van der Waals surface area contributed by atoms with Gasteiger partial charge in [-0.25, -0.2) is 4.39 Å². The number of furan rings is 1. The maximum atomic E-state index is 13.1. The van der Waals surface area contributed by atoms with Crippen molar-refractivity contribution < 1.29 is 8.81 Å². The summed E-state index contributed by atoms with van der Waals surface area (Å²) in [6, 6.07) is 11.0. The van der Waals surface area contributed by atoms with Gasteiger partial charge in [0.1, 0.15) is 11.6 Å². The summed E-state index contributed by atoms with van der Waals surface area (Å²) in [6.07, 6.45) is 5.01. The maximum absolute atomic E-state index is 13.1. The molecule has 2 atom stereocenters. The Morgan fingerprint density at radius 2 is 1.95 bits per heavy atom. The first kappa shape index (κ1) is 14.8. The highest BCUT2D eigenvalue weighted by Gasteiger charge is 2.16. The number of benzene rings is 1. The second-order valence-electron chi connectivity index (χ2n) is 5.15. The highest BCUT2D eigenvalue weighted by Crippen LogP contribution is 2.24. The lowest BCUT2D eigenvalue weighted by Gasteiger charge is -2.23. The van der Waals surface area contributed by atoms with Gasteiger partial charge in [-0.3, -0.25) is 0 Å². The smallest absolute Gasteiger partial charge is 0.123 e. The van der Waals surface area contributed by atoms with Crippen molar-refractivity contribution in [1.29, 1.82) is 0 Å². The number of hydrogen-bond acceptors (Lipinski definition) is 2. The van der Waals surface area contributed by atoms with Crippen LogP contribution in [0.25, 0.3) is 0 Å². The normalized spacial score (nSPS) is 14.2. The average Bonchev–Trinajstić information content (AvgIpc) is 2.98. The Hall–Kier alpha value is -1.61. The van der Waals surface area contributed by atoms with Crippen molar-refractivity contribution in [1.82, 2.24) is 5.32 Å². The van der Waals surface area contributed by atoms with Crippen LogP contribution >= 0.6 is 0 Å². The quantitative estimate of drug-likeness (QED) is 0.769. The fraction of sp³-hybridized carbons (Fsp3) is 0.412. The van der Waals surface area contributed by atoms with Gasteiger partial charge in [-0.05, 0) is 43.2 Å². The molecule has 1 aromatic heterocycles. The number of halogens is 1. The molecule has 2 rings (SSSR count). The summed E-state index contributed by atoms with van der Waals surface area (Å²) in [5.41, 5.74) is 1.12. The minimum atomic E-state index is -0.193. The van der Waals surface area contributed by atoms with Crippen LogP contribution in [0.4, 0.5) is 4.39 Å². The third-order valence-corrected chi connectivity index (χ3v) is 3.54. The molecule has 0 amide bonds. The Balaban J connectivity index is 2.08. The third kappa shape index (κ3) is 3.94. The van der Waals surface area contributed by atoms with E-state index in [1.165, 1.54) is 12.1 Å². The molecule has 1 N–H and O–H groups in total. The SMILES string of the molecule is CCCCC(N[C@@H](C)c1ccco1)c1ccc(F)cc1. The van der Waals surface area contributed by atoms with Crippen molar-refractivity contribution in [3.8, 4) is 0 Å². The highest BCUT2D eigenvalue weighted by molar-refractivity contribution is 5.20. The Labute approximate surface area is 120 Å². The van der Waals surface area contributed by atoms with Gasteiger partial charge >= 0.3 is 0 Å². The van der Waals surface area contributed by atoms with Gasteiger partial charge in [0.05, 0.1) is 12.3 Å². The lowest BCUT2D eigenvalue weighted by molar-refractivity contribution is 0.376. The van der Waals surface area contributed by atoms with Gasteiger partial charge in [-0.15, -0.1) is 0 Å². The van der Waals surface area contributed by atoms with E-state index in [9.17, 15) is 4.39 Å². The van der Waals surface area contributed by atoms with E-state index < -0.39 is 0 Å². The van der Waals surface area contributed by atoms with E-state index in [1.807, 2.05) is 24.3 Å². The van der Waals surface area contributed by atoms with E-state index in [1.54, 1.807) is 6.26 Å². The Morgan fingerprint density at radius 3 is 2.55 bits per heavy atom. The van der Waals surface area contributed by atoms with Crippen LogP contribution in [-0.2, 0) is 0 Å². The minimum Gasteiger partial charge on any atom is -0.468 e. The summed E-state index contributed by atoms with van der Waals surface area (Å²) in [5.74, 6) is 0.732. The summed E-state index contributed by atoms with van der Waals surface area (Å²) in [5, 5.41) is 3.57. The summed E-state index contributed by atoms with van der Waals surface area (Å²) >= 11 is 0. The molecule has 108 valence electrons. The topological polar surface area (TPSA) is 25.2 Å². The Bertz CT molecular complexity index is 492. The Morgan fingerprint density at radius 1 is 1.20 bits per heavy atom. The minimum absolute atomic E-state index is 0.136. The first-order chi connectivity index (χ1) is 9.70. The highest BCUT2D eigenvalue weighted by atomic mass is 19.1. The van der Waals surface area contributed by atoms with Crippen molar-refractivity contribution in [3.63, 3.8) is 0 Å². The van der Waals surface area contributed by atoms with Crippen molar-refractivity contribution >= 4 is 0 Å². The van der Waals surface area contributed by atoms with Gasteiger partial charge in [0.25, 0.3) is 0 Å². The molecule has 0 aliphatic carbocycles. The number of rotatable bonds is 7. The molecule has 0 aliphatic rings. The molecule has 0 fully saturated rings. The van der Waals surface area contributed by atoms with Crippen molar-refractivity contribution in [3.05, 3.63) is 59.8 Å². The second-order valence-corrected chi connectivity index (χ2v) is 5.15. The first-order valence-corrected chi connectivity index (χ1v) is 7.25. The van der Waals surface area contributed by atoms with Crippen LogP contribution in [0.15, 0.2) is 47.1 Å². The van der Waals surface area contributed by atoms with Crippen molar-refractivity contribution in [2.24, 2.45) is 0 Å². The van der Waals surface area contributed by atoms with Gasteiger partial charge in [-0.1, -0.05) is 31.9 Å². The van der Waals surface area contributed by atoms with Gasteiger partial charge in [0.15, 0.2) is 0 Å². The zero-order valence-corrected chi connectivity index (χ0v) is 12.1. The average molecular weight is 275 g/mol. The lowest BCUT2D eigenvalue weighted by Crippen LogP contribution is -2.24. The molecule has 2 nitrogen and oxygen atoms in total. The fourth-order valence-corrected chi connectivity index (χ4v) is 2.37. The monoisotopic (exact) mass is 275 g/mol. The zero-order valence-electron chi connectivity index (χ0n) is 12.1. The largest absolute Gasteiger partial charge is 0.468 e. The van der Waals surface area contributed by atoms with Crippen LogP contribution < -0.4 is 5.32 Å². The summed E-state index contributed by atoms with van der Waals surface area (Å²) in [4.78, 5) is 0. The number of nitrogens with one attached hydrogen (secondary N) is 1. The van der Waals surface area contributed by atoms with Crippen molar-refractivity contribution in [2.45, 2.75) is 45.2 Å². The van der Waals surface area contributed by atoms with E-state index in [0.29, 0.717) is 0 Å². The molecule has 0 saturated carbocycles. The molecule has 1 unspecified atom stereocenters. The molecule has 3 heteroatoms. The summed E-state index contributed by atoms with van der Waals surface area (Å²) in [6.45, 7) is 4.26. The van der Waals surface area contributed by atoms with E-state index in [2.05, 4.69) is 19.2 Å².